The Morgan fingerprint density at radius 1 is 1.31 bits per heavy atom. The van der Waals surface area contributed by atoms with Crippen molar-refractivity contribution >= 4 is 11.6 Å². The summed E-state index contributed by atoms with van der Waals surface area (Å²) < 4.78 is 5.63. The summed E-state index contributed by atoms with van der Waals surface area (Å²) in [5, 5.41) is 0.113. The van der Waals surface area contributed by atoms with E-state index in [0.717, 1.165) is 6.61 Å². The number of hydrogen-bond acceptors (Lipinski definition) is 1. The summed E-state index contributed by atoms with van der Waals surface area (Å²) in [7, 11) is 0. The minimum Gasteiger partial charge on any atom is -0.372 e. The van der Waals surface area contributed by atoms with Crippen LogP contribution in [0.25, 0.3) is 0 Å². The largest absolute Gasteiger partial charge is 0.372 e. The first kappa shape index (κ1) is 9.04. The lowest BCUT2D eigenvalue weighted by Crippen LogP contribution is -2.11. The van der Waals surface area contributed by atoms with Crippen LogP contribution in [-0.4, -0.2) is 12.0 Å². The lowest BCUT2D eigenvalue weighted by Gasteiger charge is -2.14. The molecule has 0 radical (unpaired) electrons. The highest BCUT2D eigenvalue weighted by atomic mass is 35.5. The van der Waals surface area contributed by atoms with E-state index in [1.807, 2.05) is 18.2 Å². The van der Waals surface area contributed by atoms with Gasteiger partial charge in [-0.2, -0.15) is 0 Å². The molecule has 0 N–H and O–H groups in total. The number of ether oxygens (including phenoxy) is 1. The Hall–Kier alpha value is -0.530. The predicted octanol–water partition coefficient (Wildman–Crippen LogP) is 3.00. The average molecular weight is 197 g/mol. The highest BCUT2D eigenvalue weighted by molar-refractivity contribution is 6.21. The molecule has 1 aliphatic rings. The van der Waals surface area contributed by atoms with Gasteiger partial charge in [-0.15, -0.1) is 11.6 Å². The van der Waals surface area contributed by atoms with Crippen molar-refractivity contribution in [2.75, 3.05) is 6.61 Å². The number of alkyl halides is 1. The molecule has 0 bridgehead atoms. The highest BCUT2D eigenvalue weighted by Gasteiger charge is 2.33. The van der Waals surface area contributed by atoms with Crippen molar-refractivity contribution in [2.24, 2.45) is 5.92 Å². The fraction of sp³-hybridized carbons (Fsp3) is 0.455. The Balaban J connectivity index is 2.19. The molecule has 70 valence electrons. The van der Waals surface area contributed by atoms with Crippen LogP contribution in [0.4, 0.5) is 0 Å². The zero-order valence-corrected chi connectivity index (χ0v) is 8.37. The molecule has 1 aromatic carbocycles. The lowest BCUT2D eigenvalue weighted by atomic mass is 10.0. The van der Waals surface area contributed by atoms with Crippen LogP contribution in [0, 0.1) is 5.92 Å². The molecule has 1 nitrogen and oxygen atoms in total. The smallest absolute Gasteiger partial charge is 0.0991 e. The Morgan fingerprint density at radius 2 is 2.00 bits per heavy atom. The van der Waals surface area contributed by atoms with E-state index in [1.165, 1.54) is 5.56 Å². The van der Waals surface area contributed by atoms with Crippen LogP contribution in [0.3, 0.4) is 0 Å². The van der Waals surface area contributed by atoms with Crippen molar-refractivity contribution in [1.29, 1.82) is 0 Å². The molecule has 1 saturated heterocycles. The molecule has 0 spiro atoms. The maximum absolute atomic E-state index is 6.24. The van der Waals surface area contributed by atoms with E-state index < -0.39 is 0 Å². The van der Waals surface area contributed by atoms with Crippen LogP contribution in [-0.2, 0) is 4.74 Å². The summed E-state index contributed by atoms with van der Waals surface area (Å²) in [6.45, 7) is 2.90. The Bertz CT molecular complexity index is 273. The van der Waals surface area contributed by atoms with Gasteiger partial charge in [0.05, 0.1) is 18.1 Å². The monoisotopic (exact) mass is 196 g/mol. The Kier molecular flexibility index (Phi) is 2.56. The summed E-state index contributed by atoms with van der Waals surface area (Å²) in [4.78, 5) is 0. The topological polar surface area (TPSA) is 9.23 Å². The SMILES string of the molecule is C[C@H]1CO[C@@H](c2ccccc2)C1Cl. The van der Waals surface area contributed by atoms with Crippen molar-refractivity contribution in [1.82, 2.24) is 0 Å². The van der Waals surface area contributed by atoms with Crippen LogP contribution < -0.4 is 0 Å². The normalized spacial score (nSPS) is 33.5. The van der Waals surface area contributed by atoms with Crippen LogP contribution in [0.2, 0.25) is 0 Å². The van der Waals surface area contributed by atoms with Crippen LogP contribution in [0.15, 0.2) is 30.3 Å². The van der Waals surface area contributed by atoms with Crippen LogP contribution in [0.5, 0.6) is 0 Å². The van der Waals surface area contributed by atoms with Crippen LogP contribution in [0.1, 0.15) is 18.6 Å². The van der Waals surface area contributed by atoms with Crippen molar-refractivity contribution < 1.29 is 4.74 Å². The molecule has 0 saturated carbocycles. The lowest BCUT2D eigenvalue weighted by molar-refractivity contribution is 0.109. The molecule has 13 heavy (non-hydrogen) atoms. The molecule has 1 aromatic rings. The molecule has 3 atom stereocenters. The number of benzene rings is 1. The van der Waals surface area contributed by atoms with Gasteiger partial charge in [0, 0.05) is 0 Å². The molecule has 0 aliphatic carbocycles. The third-order valence-electron chi connectivity index (χ3n) is 2.50. The van der Waals surface area contributed by atoms with Gasteiger partial charge in [0.25, 0.3) is 0 Å². The Morgan fingerprint density at radius 3 is 2.54 bits per heavy atom. The van der Waals surface area contributed by atoms with E-state index in [-0.39, 0.29) is 11.5 Å². The van der Waals surface area contributed by atoms with Gasteiger partial charge >= 0.3 is 0 Å². The van der Waals surface area contributed by atoms with Gasteiger partial charge in [0.2, 0.25) is 0 Å². The summed E-state index contributed by atoms with van der Waals surface area (Å²) >= 11 is 6.24. The summed E-state index contributed by atoms with van der Waals surface area (Å²) in [6, 6.07) is 10.2. The minimum atomic E-state index is 0.0814. The maximum atomic E-state index is 6.24. The zero-order valence-electron chi connectivity index (χ0n) is 7.61. The van der Waals surface area contributed by atoms with Crippen LogP contribution >= 0.6 is 11.6 Å². The van der Waals surface area contributed by atoms with E-state index in [2.05, 4.69) is 19.1 Å². The second-order valence-electron chi connectivity index (χ2n) is 3.59. The van der Waals surface area contributed by atoms with Gasteiger partial charge < -0.3 is 4.74 Å². The summed E-state index contributed by atoms with van der Waals surface area (Å²) in [5.41, 5.74) is 1.19. The minimum absolute atomic E-state index is 0.0814. The average Bonchev–Trinajstić information content (AvgIpc) is 2.49. The van der Waals surface area contributed by atoms with Crippen molar-refractivity contribution in [2.45, 2.75) is 18.4 Å². The maximum Gasteiger partial charge on any atom is 0.0991 e. The molecule has 1 unspecified atom stereocenters. The van der Waals surface area contributed by atoms with Crippen molar-refractivity contribution in [3.05, 3.63) is 35.9 Å². The van der Waals surface area contributed by atoms with Gasteiger partial charge in [-0.25, -0.2) is 0 Å². The standard InChI is InChI=1S/C11H13ClO/c1-8-7-13-11(10(8)12)9-5-3-2-4-6-9/h2-6,8,10-11H,7H2,1H3/t8-,10?,11-/m0/s1. The molecule has 2 heteroatoms. The molecular formula is C11H13ClO. The molecule has 1 fully saturated rings. The first-order valence-electron chi connectivity index (χ1n) is 4.59. The van der Waals surface area contributed by atoms with E-state index >= 15 is 0 Å². The quantitative estimate of drug-likeness (QED) is 0.628. The van der Waals surface area contributed by atoms with E-state index in [1.54, 1.807) is 0 Å². The molecule has 1 aliphatic heterocycles. The highest BCUT2D eigenvalue weighted by Crippen LogP contribution is 2.36. The predicted molar refractivity (Wildman–Crippen MR) is 53.9 cm³/mol. The van der Waals surface area contributed by atoms with E-state index in [9.17, 15) is 0 Å². The van der Waals surface area contributed by atoms with Crippen molar-refractivity contribution in [3.8, 4) is 0 Å². The third kappa shape index (κ3) is 1.72. The summed E-state index contributed by atoms with van der Waals surface area (Å²) in [6.07, 6.45) is 0.0814. The fourth-order valence-electron chi connectivity index (χ4n) is 1.66. The van der Waals surface area contributed by atoms with Gasteiger partial charge in [0.1, 0.15) is 0 Å². The van der Waals surface area contributed by atoms with E-state index in [4.69, 9.17) is 16.3 Å². The zero-order chi connectivity index (χ0) is 9.26. The molecule has 1 heterocycles. The number of rotatable bonds is 1. The molecule has 0 amide bonds. The van der Waals surface area contributed by atoms with E-state index in [0.29, 0.717) is 5.92 Å². The Labute approximate surface area is 83.7 Å². The van der Waals surface area contributed by atoms with Gasteiger partial charge in [-0.1, -0.05) is 37.3 Å². The van der Waals surface area contributed by atoms with Crippen molar-refractivity contribution in [3.63, 3.8) is 0 Å². The van der Waals surface area contributed by atoms with Gasteiger partial charge in [-0.3, -0.25) is 0 Å². The second kappa shape index (κ2) is 3.69. The van der Waals surface area contributed by atoms with Gasteiger partial charge in [0.15, 0.2) is 0 Å². The molecule has 0 aromatic heterocycles. The number of halogens is 1. The third-order valence-corrected chi connectivity index (χ3v) is 3.16. The molecule has 2 rings (SSSR count). The second-order valence-corrected chi connectivity index (χ2v) is 4.09. The number of hydrogen-bond donors (Lipinski definition) is 0. The summed E-state index contributed by atoms with van der Waals surface area (Å²) in [5.74, 6) is 0.451. The fourth-order valence-corrected chi connectivity index (χ4v) is 1.95. The first-order valence-corrected chi connectivity index (χ1v) is 5.03. The van der Waals surface area contributed by atoms with Gasteiger partial charge in [-0.05, 0) is 11.5 Å². The first-order chi connectivity index (χ1) is 6.29. The molecular weight excluding hydrogens is 184 g/mol.